The van der Waals surface area contributed by atoms with Crippen LogP contribution in [0.3, 0.4) is 0 Å². The first-order valence-corrected chi connectivity index (χ1v) is 12.0. The Morgan fingerprint density at radius 2 is 1.75 bits per heavy atom. The fourth-order valence-corrected chi connectivity index (χ4v) is 3.52. The van der Waals surface area contributed by atoms with Crippen molar-refractivity contribution in [2.75, 3.05) is 18.4 Å². The molecule has 2 amide bonds. The summed E-state index contributed by atoms with van der Waals surface area (Å²) in [7, 11) is 0. The second-order valence-electron chi connectivity index (χ2n) is 9.23. The number of amides is 2. The molecule has 0 aliphatic rings. The number of unbranched alkanes of at least 4 members (excludes halogenated alkanes) is 3. The Bertz CT molecular complexity index is 884. The lowest BCUT2D eigenvalue weighted by Gasteiger charge is -2.21. The van der Waals surface area contributed by atoms with Crippen LogP contribution in [0.1, 0.15) is 78.8 Å². The van der Waals surface area contributed by atoms with Crippen LogP contribution in [0.4, 0.5) is 5.82 Å². The van der Waals surface area contributed by atoms with Crippen molar-refractivity contribution in [1.82, 2.24) is 14.7 Å². The van der Waals surface area contributed by atoms with Crippen LogP contribution < -0.4 is 5.32 Å². The van der Waals surface area contributed by atoms with Crippen LogP contribution in [0.15, 0.2) is 30.3 Å². The topological polar surface area (TPSA) is 67.2 Å². The van der Waals surface area contributed by atoms with E-state index in [4.69, 9.17) is 16.7 Å². The average Bonchev–Trinajstić information content (AvgIpc) is 3.15. The SMILES string of the molecule is CCCCCCC(=O)N(CCC)CC(=O)Nc1cc(C(C)(C)C)nn1-c1ccc(Cl)cc1. The first-order chi connectivity index (χ1) is 15.2. The van der Waals surface area contributed by atoms with Crippen LogP contribution in [-0.2, 0) is 15.0 Å². The molecule has 1 N–H and O–H groups in total. The van der Waals surface area contributed by atoms with Gasteiger partial charge in [0.15, 0.2) is 0 Å². The molecule has 0 radical (unpaired) electrons. The van der Waals surface area contributed by atoms with Crippen molar-refractivity contribution in [1.29, 1.82) is 0 Å². The van der Waals surface area contributed by atoms with Crippen LogP contribution in [0.2, 0.25) is 5.02 Å². The molecule has 0 saturated carbocycles. The summed E-state index contributed by atoms with van der Waals surface area (Å²) in [6.07, 6.45) is 5.48. The molecule has 6 nitrogen and oxygen atoms in total. The molecule has 176 valence electrons. The maximum absolute atomic E-state index is 12.9. The number of nitrogens with one attached hydrogen (secondary N) is 1. The lowest BCUT2D eigenvalue weighted by atomic mass is 9.92. The molecule has 0 aliphatic carbocycles. The summed E-state index contributed by atoms with van der Waals surface area (Å²) in [5.74, 6) is 0.393. The highest BCUT2D eigenvalue weighted by Gasteiger charge is 2.23. The normalized spacial score (nSPS) is 11.4. The van der Waals surface area contributed by atoms with Gasteiger partial charge in [0.05, 0.1) is 17.9 Å². The van der Waals surface area contributed by atoms with Gasteiger partial charge in [-0.25, -0.2) is 4.68 Å². The van der Waals surface area contributed by atoms with E-state index >= 15 is 0 Å². The second-order valence-corrected chi connectivity index (χ2v) is 9.66. The Balaban J connectivity index is 2.16. The Morgan fingerprint density at radius 3 is 2.34 bits per heavy atom. The van der Waals surface area contributed by atoms with Crippen LogP contribution in [-0.4, -0.2) is 39.6 Å². The monoisotopic (exact) mass is 460 g/mol. The predicted molar refractivity (Wildman–Crippen MR) is 132 cm³/mol. The minimum absolute atomic E-state index is 0.0388. The first-order valence-electron chi connectivity index (χ1n) is 11.6. The molecule has 1 aromatic carbocycles. The lowest BCUT2D eigenvalue weighted by Crippen LogP contribution is -2.38. The summed E-state index contributed by atoms with van der Waals surface area (Å²) in [4.78, 5) is 27.2. The number of anilines is 1. The number of aromatic nitrogens is 2. The highest BCUT2D eigenvalue weighted by Crippen LogP contribution is 2.27. The molecule has 1 aromatic heterocycles. The van der Waals surface area contributed by atoms with Gasteiger partial charge in [-0.2, -0.15) is 5.10 Å². The van der Waals surface area contributed by atoms with Crippen molar-refractivity contribution in [2.24, 2.45) is 0 Å². The molecule has 1 heterocycles. The van der Waals surface area contributed by atoms with Crippen LogP contribution in [0.25, 0.3) is 5.69 Å². The van der Waals surface area contributed by atoms with Gasteiger partial charge >= 0.3 is 0 Å². The van der Waals surface area contributed by atoms with Gasteiger partial charge in [0.1, 0.15) is 5.82 Å². The third-order valence-electron chi connectivity index (χ3n) is 5.24. The van der Waals surface area contributed by atoms with Gasteiger partial charge in [0, 0.05) is 29.5 Å². The van der Waals surface area contributed by atoms with E-state index in [-0.39, 0.29) is 23.8 Å². The van der Waals surface area contributed by atoms with E-state index < -0.39 is 0 Å². The molecule has 0 bridgehead atoms. The predicted octanol–water partition coefficient (Wildman–Crippen LogP) is 5.97. The Morgan fingerprint density at radius 1 is 1.06 bits per heavy atom. The molecular weight excluding hydrogens is 424 g/mol. The molecule has 32 heavy (non-hydrogen) atoms. The standard InChI is InChI=1S/C25H37ClN4O2/c1-6-8-9-10-11-24(32)29(16-7-2)18-23(31)27-22-17-21(25(3,4)5)28-30(22)20-14-12-19(26)13-15-20/h12-15,17H,6-11,16,18H2,1-5H3,(H,27,31). The van der Waals surface area contributed by atoms with E-state index in [0.717, 1.165) is 43.5 Å². The second kappa shape index (κ2) is 12.0. The van der Waals surface area contributed by atoms with Crippen LogP contribution in [0.5, 0.6) is 0 Å². The zero-order valence-electron chi connectivity index (χ0n) is 20.1. The number of carbonyl (C=O) groups is 2. The van der Waals surface area contributed by atoms with E-state index in [1.807, 2.05) is 25.1 Å². The van der Waals surface area contributed by atoms with Gasteiger partial charge in [0.25, 0.3) is 0 Å². The van der Waals surface area contributed by atoms with Crippen LogP contribution >= 0.6 is 11.6 Å². The van der Waals surface area contributed by atoms with Crippen molar-refractivity contribution >= 4 is 29.2 Å². The van der Waals surface area contributed by atoms with Gasteiger partial charge in [-0.1, -0.05) is 65.5 Å². The minimum Gasteiger partial charge on any atom is -0.333 e. The van der Waals surface area contributed by atoms with Gasteiger partial charge in [0.2, 0.25) is 11.8 Å². The van der Waals surface area contributed by atoms with Crippen molar-refractivity contribution in [2.45, 2.75) is 78.6 Å². The molecule has 0 saturated heterocycles. The van der Waals surface area contributed by atoms with Crippen molar-refractivity contribution < 1.29 is 9.59 Å². The van der Waals surface area contributed by atoms with E-state index in [0.29, 0.717) is 23.8 Å². The zero-order valence-corrected chi connectivity index (χ0v) is 20.8. The Hall–Kier alpha value is -2.34. The lowest BCUT2D eigenvalue weighted by molar-refractivity contribution is -0.134. The number of rotatable bonds is 11. The maximum Gasteiger partial charge on any atom is 0.245 e. The average molecular weight is 461 g/mol. The third-order valence-corrected chi connectivity index (χ3v) is 5.49. The summed E-state index contributed by atoms with van der Waals surface area (Å²) in [5, 5.41) is 8.33. The molecule has 0 atom stereocenters. The number of hydrogen-bond acceptors (Lipinski definition) is 3. The highest BCUT2D eigenvalue weighted by molar-refractivity contribution is 6.30. The smallest absolute Gasteiger partial charge is 0.245 e. The Kier molecular flexibility index (Phi) is 9.76. The summed E-state index contributed by atoms with van der Waals surface area (Å²) < 4.78 is 1.71. The molecule has 2 rings (SSSR count). The van der Waals surface area contributed by atoms with Crippen molar-refractivity contribution in [3.05, 3.63) is 41.0 Å². The van der Waals surface area contributed by atoms with E-state index in [9.17, 15) is 9.59 Å². The Labute approximate surface area is 197 Å². The van der Waals surface area contributed by atoms with Gasteiger partial charge in [-0.15, -0.1) is 0 Å². The van der Waals surface area contributed by atoms with Crippen LogP contribution in [0, 0.1) is 0 Å². The number of hydrogen-bond donors (Lipinski definition) is 1. The molecule has 7 heteroatoms. The van der Waals surface area contributed by atoms with Gasteiger partial charge in [-0.05, 0) is 37.1 Å². The van der Waals surface area contributed by atoms with E-state index in [1.54, 1.807) is 21.7 Å². The molecule has 0 aliphatic heterocycles. The largest absolute Gasteiger partial charge is 0.333 e. The molecule has 0 fully saturated rings. The quantitative estimate of drug-likeness (QED) is 0.420. The highest BCUT2D eigenvalue weighted by atomic mass is 35.5. The van der Waals surface area contributed by atoms with E-state index in [1.165, 1.54) is 0 Å². The number of nitrogens with zero attached hydrogens (tertiary/aromatic N) is 3. The van der Waals surface area contributed by atoms with Gasteiger partial charge < -0.3 is 10.2 Å². The molecule has 2 aromatic rings. The summed E-state index contributed by atoms with van der Waals surface area (Å²) >= 11 is 6.03. The van der Waals surface area contributed by atoms with Crippen molar-refractivity contribution in [3.63, 3.8) is 0 Å². The van der Waals surface area contributed by atoms with Crippen molar-refractivity contribution in [3.8, 4) is 5.69 Å². The summed E-state index contributed by atoms with van der Waals surface area (Å²) in [5.41, 5.74) is 1.48. The minimum atomic E-state index is -0.226. The summed E-state index contributed by atoms with van der Waals surface area (Å²) in [6.45, 7) is 11.0. The molecular formula is C25H37ClN4O2. The molecule has 0 spiro atoms. The number of benzene rings is 1. The fourth-order valence-electron chi connectivity index (χ4n) is 3.39. The third kappa shape index (κ3) is 7.66. The first kappa shape index (κ1) is 25.9. The fraction of sp³-hybridized carbons (Fsp3) is 0.560. The number of carbonyl (C=O) groups excluding carboxylic acids is 2. The zero-order chi connectivity index (χ0) is 23.7. The van der Waals surface area contributed by atoms with E-state index in [2.05, 4.69) is 33.0 Å². The van der Waals surface area contributed by atoms with Gasteiger partial charge in [-0.3, -0.25) is 9.59 Å². The maximum atomic E-state index is 12.9. The number of halogens is 1. The molecule has 0 unspecified atom stereocenters. The summed E-state index contributed by atoms with van der Waals surface area (Å²) in [6, 6.07) is 9.20.